The standard InChI is InChI=1S/C14H18F3N/c15-14(16,17)12-7-3-2-6-11(12)13(10-18)8-4-1-5-9-13/h2-3,6-7H,1,4-5,8-10,18H2. The van der Waals surface area contributed by atoms with Crippen LogP contribution in [0.25, 0.3) is 0 Å². The molecule has 100 valence electrons. The van der Waals surface area contributed by atoms with E-state index in [1.165, 1.54) is 12.1 Å². The Labute approximate surface area is 105 Å². The molecule has 1 nitrogen and oxygen atoms in total. The van der Waals surface area contributed by atoms with Crippen molar-refractivity contribution in [2.24, 2.45) is 5.73 Å². The second kappa shape index (κ2) is 4.92. The summed E-state index contributed by atoms with van der Waals surface area (Å²) in [5, 5.41) is 0. The van der Waals surface area contributed by atoms with Crippen molar-refractivity contribution in [3.05, 3.63) is 35.4 Å². The average molecular weight is 257 g/mol. The molecule has 0 aliphatic heterocycles. The highest BCUT2D eigenvalue weighted by molar-refractivity contribution is 5.37. The number of alkyl halides is 3. The van der Waals surface area contributed by atoms with Crippen molar-refractivity contribution < 1.29 is 13.2 Å². The summed E-state index contributed by atoms with van der Waals surface area (Å²) in [6.07, 6.45) is 0.242. The molecule has 1 aliphatic carbocycles. The quantitative estimate of drug-likeness (QED) is 0.855. The Morgan fingerprint density at radius 2 is 1.67 bits per heavy atom. The van der Waals surface area contributed by atoms with Crippen LogP contribution in [0, 0.1) is 0 Å². The van der Waals surface area contributed by atoms with Crippen LogP contribution in [-0.2, 0) is 11.6 Å². The van der Waals surface area contributed by atoms with E-state index < -0.39 is 17.2 Å². The van der Waals surface area contributed by atoms with E-state index in [2.05, 4.69) is 0 Å². The van der Waals surface area contributed by atoms with Gasteiger partial charge in [0.15, 0.2) is 0 Å². The third kappa shape index (κ3) is 2.39. The number of hydrogen-bond acceptors (Lipinski definition) is 1. The van der Waals surface area contributed by atoms with E-state index in [4.69, 9.17) is 5.73 Å². The van der Waals surface area contributed by atoms with E-state index in [9.17, 15) is 13.2 Å². The van der Waals surface area contributed by atoms with E-state index in [0.29, 0.717) is 12.1 Å². The van der Waals surface area contributed by atoms with Crippen LogP contribution in [0.2, 0.25) is 0 Å². The topological polar surface area (TPSA) is 26.0 Å². The summed E-state index contributed by atoms with van der Waals surface area (Å²) in [5.74, 6) is 0. The second-order valence-electron chi connectivity index (χ2n) is 5.09. The first kappa shape index (κ1) is 13.4. The van der Waals surface area contributed by atoms with Gasteiger partial charge in [-0.05, 0) is 24.5 Å². The largest absolute Gasteiger partial charge is 0.416 e. The minimum absolute atomic E-state index is 0.292. The maximum Gasteiger partial charge on any atom is 0.416 e. The molecule has 0 saturated heterocycles. The van der Waals surface area contributed by atoms with Crippen LogP contribution < -0.4 is 5.73 Å². The predicted molar refractivity (Wildman–Crippen MR) is 65.3 cm³/mol. The van der Waals surface area contributed by atoms with E-state index in [-0.39, 0.29) is 0 Å². The van der Waals surface area contributed by atoms with Gasteiger partial charge in [0.1, 0.15) is 0 Å². The highest BCUT2D eigenvalue weighted by Gasteiger charge is 2.41. The summed E-state index contributed by atoms with van der Waals surface area (Å²) in [6.45, 7) is 0.292. The Morgan fingerprint density at radius 1 is 1.06 bits per heavy atom. The number of hydrogen-bond donors (Lipinski definition) is 1. The van der Waals surface area contributed by atoms with Crippen LogP contribution >= 0.6 is 0 Å². The molecule has 0 atom stereocenters. The van der Waals surface area contributed by atoms with Crippen LogP contribution in [0.5, 0.6) is 0 Å². The van der Waals surface area contributed by atoms with E-state index in [1.54, 1.807) is 12.1 Å². The van der Waals surface area contributed by atoms with Gasteiger partial charge >= 0.3 is 6.18 Å². The molecule has 0 amide bonds. The van der Waals surface area contributed by atoms with Crippen LogP contribution in [0.3, 0.4) is 0 Å². The highest BCUT2D eigenvalue weighted by atomic mass is 19.4. The predicted octanol–water partition coefficient (Wildman–Crippen LogP) is 3.87. The van der Waals surface area contributed by atoms with E-state index in [1.807, 2.05) is 0 Å². The van der Waals surface area contributed by atoms with Crippen molar-refractivity contribution in [3.63, 3.8) is 0 Å². The molecular formula is C14H18F3N. The van der Waals surface area contributed by atoms with E-state index >= 15 is 0 Å². The summed E-state index contributed by atoms with van der Waals surface area (Å²) < 4.78 is 39.2. The van der Waals surface area contributed by atoms with Gasteiger partial charge in [-0.2, -0.15) is 13.2 Å². The first-order chi connectivity index (χ1) is 8.49. The third-order valence-corrected chi connectivity index (χ3v) is 4.01. The number of benzene rings is 1. The summed E-state index contributed by atoms with van der Waals surface area (Å²) in [6, 6.07) is 5.89. The fraction of sp³-hybridized carbons (Fsp3) is 0.571. The fourth-order valence-corrected chi connectivity index (χ4v) is 3.00. The molecule has 2 rings (SSSR count). The zero-order valence-corrected chi connectivity index (χ0v) is 10.3. The Bertz CT molecular complexity index is 406. The Kier molecular flexibility index (Phi) is 3.66. The van der Waals surface area contributed by atoms with Crippen LogP contribution in [0.15, 0.2) is 24.3 Å². The van der Waals surface area contributed by atoms with Crippen molar-refractivity contribution in [3.8, 4) is 0 Å². The molecule has 2 N–H and O–H groups in total. The Hall–Kier alpha value is -1.03. The molecule has 0 radical (unpaired) electrons. The molecule has 4 heteroatoms. The molecule has 18 heavy (non-hydrogen) atoms. The molecular weight excluding hydrogens is 239 g/mol. The third-order valence-electron chi connectivity index (χ3n) is 4.01. The molecule has 0 spiro atoms. The van der Waals surface area contributed by atoms with Gasteiger partial charge in [0.05, 0.1) is 5.56 Å². The summed E-state index contributed by atoms with van der Waals surface area (Å²) in [5.41, 5.74) is 5.21. The van der Waals surface area contributed by atoms with Gasteiger partial charge in [0.25, 0.3) is 0 Å². The van der Waals surface area contributed by atoms with Gasteiger partial charge in [-0.25, -0.2) is 0 Å². The van der Waals surface area contributed by atoms with Crippen LogP contribution in [0.1, 0.15) is 43.2 Å². The Balaban J connectivity index is 2.48. The first-order valence-electron chi connectivity index (χ1n) is 6.36. The van der Waals surface area contributed by atoms with Crippen molar-refractivity contribution >= 4 is 0 Å². The zero-order chi connectivity index (χ0) is 13.2. The maximum absolute atomic E-state index is 13.1. The molecule has 1 fully saturated rings. The molecule has 1 aromatic rings. The number of rotatable bonds is 2. The van der Waals surface area contributed by atoms with Crippen molar-refractivity contribution in [2.45, 2.75) is 43.7 Å². The van der Waals surface area contributed by atoms with Gasteiger partial charge in [0, 0.05) is 12.0 Å². The van der Waals surface area contributed by atoms with Crippen molar-refractivity contribution in [1.82, 2.24) is 0 Å². The smallest absolute Gasteiger partial charge is 0.330 e. The summed E-state index contributed by atoms with van der Waals surface area (Å²) in [7, 11) is 0. The lowest BCUT2D eigenvalue weighted by Gasteiger charge is -2.38. The van der Waals surface area contributed by atoms with Crippen molar-refractivity contribution in [2.75, 3.05) is 6.54 Å². The molecule has 1 aromatic carbocycles. The van der Waals surface area contributed by atoms with Gasteiger partial charge < -0.3 is 5.73 Å². The normalized spacial score (nSPS) is 19.8. The van der Waals surface area contributed by atoms with Crippen molar-refractivity contribution in [1.29, 1.82) is 0 Å². The van der Waals surface area contributed by atoms with Gasteiger partial charge in [-0.1, -0.05) is 37.5 Å². The molecule has 0 aromatic heterocycles. The summed E-state index contributed by atoms with van der Waals surface area (Å²) in [4.78, 5) is 0. The lowest BCUT2D eigenvalue weighted by molar-refractivity contribution is -0.138. The monoisotopic (exact) mass is 257 g/mol. The van der Waals surface area contributed by atoms with Gasteiger partial charge in [-0.3, -0.25) is 0 Å². The van der Waals surface area contributed by atoms with Gasteiger partial charge in [0.2, 0.25) is 0 Å². The molecule has 0 bridgehead atoms. The highest BCUT2D eigenvalue weighted by Crippen LogP contribution is 2.44. The van der Waals surface area contributed by atoms with E-state index in [0.717, 1.165) is 32.1 Å². The maximum atomic E-state index is 13.1. The second-order valence-corrected chi connectivity index (χ2v) is 5.09. The number of nitrogens with two attached hydrogens (primary N) is 1. The minimum atomic E-state index is -4.30. The zero-order valence-electron chi connectivity index (χ0n) is 10.3. The molecule has 0 unspecified atom stereocenters. The summed E-state index contributed by atoms with van der Waals surface area (Å²) >= 11 is 0. The lowest BCUT2D eigenvalue weighted by Crippen LogP contribution is -2.38. The molecule has 1 aliphatic rings. The fourth-order valence-electron chi connectivity index (χ4n) is 3.00. The first-order valence-corrected chi connectivity index (χ1v) is 6.36. The average Bonchev–Trinajstić information content (AvgIpc) is 2.38. The SMILES string of the molecule is NCC1(c2ccccc2C(F)(F)F)CCCCC1. The molecule has 1 saturated carbocycles. The Morgan fingerprint density at radius 3 is 2.22 bits per heavy atom. The van der Waals surface area contributed by atoms with Crippen LogP contribution in [-0.4, -0.2) is 6.54 Å². The van der Waals surface area contributed by atoms with Gasteiger partial charge in [-0.15, -0.1) is 0 Å². The molecule has 0 heterocycles. The van der Waals surface area contributed by atoms with Crippen LogP contribution in [0.4, 0.5) is 13.2 Å². The minimum Gasteiger partial charge on any atom is -0.330 e. The lowest BCUT2D eigenvalue weighted by atomic mass is 9.68. The number of halogens is 3.